The van der Waals surface area contributed by atoms with Crippen LogP contribution in [0, 0.1) is 5.92 Å². The van der Waals surface area contributed by atoms with Gasteiger partial charge < -0.3 is 16.4 Å². The van der Waals surface area contributed by atoms with Gasteiger partial charge in [0.25, 0.3) is 0 Å². The molecule has 1 saturated heterocycles. The van der Waals surface area contributed by atoms with E-state index in [1.54, 1.807) is 13.8 Å². The van der Waals surface area contributed by atoms with Crippen molar-refractivity contribution in [3.05, 3.63) is 0 Å². The molecule has 1 aliphatic heterocycles. The number of carbonyl (C=O) groups excluding carboxylic acids is 2. The Morgan fingerprint density at radius 2 is 1.84 bits per heavy atom. The number of fused-ring (bicyclic) bond motifs is 1. The molecule has 0 aromatic heterocycles. The van der Waals surface area contributed by atoms with Gasteiger partial charge in [0.2, 0.25) is 11.8 Å². The Kier molecular flexibility index (Phi) is 4.13. The Bertz CT molecular complexity index is 368. The zero-order valence-electron chi connectivity index (χ0n) is 11.9. The highest BCUT2D eigenvalue weighted by Gasteiger charge is 2.36. The number of rotatable bonds is 3. The van der Waals surface area contributed by atoms with Gasteiger partial charge in [-0.1, -0.05) is 12.8 Å². The molecule has 0 aromatic rings. The fourth-order valence-corrected chi connectivity index (χ4v) is 3.16. The number of nitrogens with one attached hydrogen (secondary N) is 2. The second-order valence-electron chi connectivity index (χ2n) is 6.43. The molecule has 3 unspecified atom stereocenters. The van der Waals surface area contributed by atoms with Gasteiger partial charge >= 0.3 is 0 Å². The Morgan fingerprint density at radius 3 is 2.53 bits per heavy atom. The highest BCUT2D eigenvalue weighted by atomic mass is 16.2. The van der Waals surface area contributed by atoms with Crippen molar-refractivity contribution in [3.8, 4) is 0 Å². The van der Waals surface area contributed by atoms with Gasteiger partial charge in [0.15, 0.2) is 0 Å². The van der Waals surface area contributed by atoms with Crippen molar-refractivity contribution in [1.29, 1.82) is 0 Å². The number of primary amides is 1. The quantitative estimate of drug-likeness (QED) is 0.703. The summed E-state index contributed by atoms with van der Waals surface area (Å²) < 4.78 is 0. The molecule has 2 rings (SSSR count). The molecule has 2 aliphatic rings. The van der Waals surface area contributed by atoms with E-state index in [2.05, 4.69) is 10.6 Å². The van der Waals surface area contributed by atoms with Gasteiger partial charge in [-0.05, 0) is 45.4 Å². The van der Waals surface area contributed by atoms with E-state index in [4.69, 9.17) is 5.73 Å². The number of piperidine rings is 1. The fourth-order valence-electron chi connectivity index (χ4n) is 3.16. The molecule has 5 nitrogen and oxygen atoms in total. The van der Waals surface area contributed by atoms with Crippen molar-refractivity contribution in [1.82, 2.24) is 10.6 Å². The van der Waals surface area contributed by atoms with Gasteiger partial charge in [-0.2, -0.15) is 0 Å². The predicted octanol–water partition coefficient (Wildman–Crippen LogP) is 0.677. The summed E-state index contributed by atoms with van der Waals surface area (Å²) in [5.41, 5.74) is 4.30. The van der Waals surface area contributed by atoms with Gasteiger partial charge in [0.05, 0.1) is 6.04 Å². The Labute approximate surface area is 114 Å². The van der Waals surface area contributed by atoms with Crippen molar-refractivity contribution >= 4 is 11.8 Å². The number of nitrogens with two attached hydrogens (primary N) is 1. The summed E-state index contributed by atoms with van der Waals surface area (Å²) in [5, 5.41) is 6.20. The van der Waals surface area contributed by atoms with Gasteiger partial charge in [-0.25, -0.2) is 0 Å². The monoisotopic (exact) mass is 267 g/mol. The van der Waals surface area contributed by atoms with Crippen LogP contribution in [-0.4, -0.2) is 29.4 Å². The van der Waals surface area contributed by atoms with Crippen LogP contribution in [0.25, 0.3) is 0 Å². The van der Waals surface area contributed by atoms with Crippen LogP contribution in [0.5, 0.6) is 0 Å². The largest absolute Gasteiger partial charge is 0.368 e. The van der Waals surface area contributed by atoms with E-state index in [0.717, 1.165) is 25.2 Å². The minimum Gasteiger partial charge on any atom is -0.368 e. The molecule has 4 N–H and O–H groups in total. The summed E-state index contributed by atoms with van der Waals surface area (Å²) in [6.07, 6.45) is 6.95. The van der Waals surface area contributed by atoms with E-state index in [1.807, 2.05) is 0 Å². The van der Waals surface area contributed by atoms with Gasteiger partial charge in [-0.15, -0.1) is 0 Å². The third-order valence-corrected chi connectivity index (χ3v) is 4.52. The smallest absolute Gasteiger partial charge is 0.242 e. The first kappa shape index (κ1) is 14.3. The van der Waals surface area contributed by atoms with E-state index < -0.39 is 11.4 Å². The summed E-state index contributed by atoms with van der Waals surface area (Å²) in [7, 11) is 0. The third kappa shape index (κ3) is 3.26. The second-order valence-corrected chi connectivity index (χ2v) is 6.43. The Balaban J connectivity index is 1.92. The summed E-state index contributed by atoms with van der Waals surface area (Å²) in [5.74, 6) is 0.113. The van der Waals surface area contributed by atoms with Crippen LogP contribution >= 0.6 is 0 Å². The lowest BCUT2D eigenvalue weighted by Gasteiger charge is -2.40. The lowest BCUT2D eigenvalue weighted by Crippen LogP contribution is -2.60. The topological polar surface area (TPSA) is 84.2 Å². The Morgan fingerprint density at radius 1 is 1.16 bits per heavy atom. The molecule has 0 aromatic carbocycles. The van der Waals surface area contributed by atoms with Crippen LogP contribution in [0.3, 0.4) is 0 Å². The molecule has 2 amide bonds. The maximum Gasteiger partial charge on any atom is 0.242 e. The first-order valence-electron chi connectivity index (χ1n) is 7.28. The molecule has 0 bridgehead atoms. The van der Waals surface area contributed by atoms with Crippen molar-refractivity contribution in [2.75, 3.05) is 0 Å². The van der Waals surface area contributed by atoms with Crippen LogP contribution in [0.1, 0.15) is 52.4 Å². The van der Waals surface area contributed by atoms with Gasteiger partial charge in [0, 0.05) is 6.04 Å². The maximum atomic E-state index is 12.2. The number of amides is 2. The maximum absolute atomic E-state index is 12.2. The van der Waals surface area contributed by atoms with E-state index in [-0.39, 0.29) is 11.9 Å². The average molecular weight is 267 g/mol. The van der Waals surface area contributed by atoms with Crippen LogP contribution in [0.2, 0.25) is 0 Å². The number of hydrogen-bond donors (Lipinski definition) is 3. The molecular formula is C14H25N3O2. The van der Waals surface area contributed by atoms with E-state index in [0.29, 0.717) is 6.04 Å². The van der Waals surface area contributed by atoms with Crippen LogP contribution in [0.4, 0.5) is 0 Å². The number of carbonyl (C=O) groups is 2. The molecule has 108 valence electrons. The molecule has 19 heavy (non-hydrogen) atoms. The minimum absolute atomic E-state index is 0.104. The highest BCUT2D eigenvalue weighted by molar-refractivity contribution is 5.91. The minimum atomic E-state index is -0.984. The third-order valence-electron chi connectivity index (χ3n) is 4.52. The first-order valence-corrected chi connectivity index (χ1v) is 7.28. The first-order chi connectivity index (χ1) is 8.90. The lowest BCUT2D eigenvalue weighted by molar-refractivity contribution is -0.132. The molecule has 0 radical (unpaired) electrons. The molecule has 0 spiro atoms. The standard InChI is InChI=1S/C14H25N3O2/c1-14(2,13(15)19)17-12(18)11-8-7-9-5-3-4-6-10(9)16-11/h9-11,16H,3-8H2,1-2H3,(H2,15,19)(H,17,18). The fraction of sp³-hybridized carbons (Fsp3) is 0.857. The molecule has 1 heterocycles. The van der Waals surface area contributed by atoms with Gasteiger partial charge in [-0.3, -0.25) is 9.59 Å². The molecule has 2 fully saturated rings. The van der Waals surface area contributed by atoms with E-state index >= 15 is 0 Å². The van der Waals surface area contributed by atoms with Gasteiger partial charge in [0.1, 0.15) is 5.54 Å². The highest BCUT2D eigenvalue weighted by Crippen LogP contribution is 2.32. The average Bonchev–Trinajstić information content (AvgIpc) is 2.37. The van der Waals surface area contributed by atoms with E-state index in [9.17, 15) is 9.59 Å². The number of hydrogen-bond acceptors (Lipinski definition) is 3. The molecular weight excluding hydrogens is 242 g/mol. The lowest BCUT2D eigenvalue weighted by atomic mass is 9.77. The molecule has 1 saturated carbocycles. The summed E-state index contributed by atoms with van der Waals surface area (Å²) in [4.78, 5) is 23.5. The molecule has 1 aliphatic carbocycles. The van der Waals surface area contributed by atoms with Crippen LogP contribution in [-0.2, 0) is 9.59 Å². The van der Waals surface area contributed by atoms with Crippen molar-refractivity contribution in [3.63, 3.8) is 0 Å². The van der Waals surface area contributed by atoms with Crippen molar-refractivity contribution in [2.24, 2.45) is 11.7 Å². The summed E-state index contributed by atoms with van der Waals surface area (Å²) >= 11 is 0. The summed E-state index contributed by atoms with van der Waals surface area (Å²) in [6.45, 7) is 3.28. The zero-order valence-corrected chi connectivity index (χ0v) is 11.9. The Hall–Kier alpha value is -1.10. The predicted molar refractivity (Wildman–Crippen MR) is 73.3 cm³/mol. The van der Waals surface area contributed by atoms with Crippen molar-refractivity contribution in [2.45, 2.75) is 70.0 Å². The zero-order chi connectivity index (χ0) is 14.0. The molecule has 5 heteroatoms. The van der Waals surface area contributed by atoms with Crippen LogP contribution in [0.15, 0.2) is 0 Å². The van der Waals surface area contributed by atoms with Crippen LogP contribution < -0.4 is 16.4 Å². The normalized spacial score (nSPS) is 31.4. The SMILES string of the molecule is CC(C)(NC(=O)C1CCC2CCCCC2N1)C(N)=O. The van der Waals surface area contributed by atoms with E-state index in [1.165, 1.54) is 19.3 Å². The second kappa shape index (κ2) is 5.49. The summed E-state index contributed by atoms with van der Waals surface area (Å²) in [6, 6.07) is 0.285. The molecule has 3 atom stereocenters. The van der Waals surface area contributed by atoms with Crippen molar-refractivity contribution < 1.29 is 9.59 Å².